The van der Waals surface area contributed by atoms with Crippen molar-refractivity contribution in [1.29, 1.82) is 5.26 Å². The van der Waals surface area contributed by atoms with Gasteiger partial charge in [-0.05, 0) is 48.0 Å². The first-order chi connectivity index (χ1) is 12.6. The molecular weight excluding hydrogens is 348 g/mol. The van der Waals surface area contributed by atoms with Crippen molar-refractivity contribution in [3.05, 3.63) is 88.6 Å². The molecule has 1 aromatic heterocycles. The monoisotopic (exact) mass is 362 g/mol. The molecule has 1 heterocycles. The van der Waals surface area contributed by atoms with Gasteiger partial charge in [0.25, 0.3) is 5.91 Å². The van der Waals surface area contributed by atoms with Crippen LogP contribution in [0.15, 0.2) is 66.9 Å². The topological polar surface area (TPSA) is 77.8 Å². The molecule has 0 saturated carbocycles. The van der Waals surface area contributed by atoms with Crippen LogP contribution >= 0.6 is 11.6 Å². The van der Waals surface area contributed by atoms with Crippen LogP contribution in [-0.2, 0) is 6.54 Å². The van der Waals surface area contributed by atoms with Crippen molar-refractivity contribution in [1.82, 2.24) is 4.98 Å². The quantitative estimate of drug-likeness (QED) is 0.701. The number of nitrogens with zero attached hydrogens (tertiary/aromatic N) is 2. The molecule has 128 valence electrons. The molecule has 6 heteroatoms. The Morgan fingerprint density at radius 3 is 2.62 bits per heavy atom. The Kier molecular flexibility index (Phi) is 5.47. The van der Waals surface area contributed by atoms with Gasteiger partial charge in [-0.3, -0.25) is 4.79 Å². The van der Waals surface area contributed by atoms with Crippen LogP contribution in [0.1, 0.15) is 21.5 Å². The lowest BCUT2D eigenvalue weighted by Crippen LogP contribution is -2.12. The molecule has 0 aliphatic rings. The number of carbonyl (C=O) groups excluding carboxylic acids is 1. The van der Waals surface area contributed by atoms with Crippen molar-refractivity contribution in [2.45, 2.75) is 6.54 Å². The number of rotatable bonds is 5. The SMILES string of the molecule is N#Cc1cccc(NC(=O)c2ccc(NCc3ccc(Cl)cc3)nc2)c1. The van der Waals surface area contributed by atoms with Gasteiger partial charge < -0.3 is 10.6 Å². The van der Waals surface area contributed by atoms with Gasteiger partial charge >= 0.3 is 0 Å². The number of hydrogen-bond acceptors (Lipinski definition) is 4. The van der Waals surface area contributed by atoms with Crippen LogP contribution in [0.25, 0.3) is 0 Å². The Bertz CT molecular complexity index is 947. The number of aromatic nitrogens is 1. The van der Waals surface area contributed by atoms with Gasteiger partial charge in [0.15, 0.2) is 0 Å². The highest BCUT2D eigenvalue weighted by atomic mass is 35.5. The van der Waals surface area contributed by atoms with Gasteiger partial charge in [-0.2, -0.15) is 5.26 Å². The van der Waals surface area contributed by atoms with E-state index in [9.17, 15) is 4.79 Å². The van der Waals surface area contributed by atoms with Gasteiger partial charge in [-0.25, -0.2) is 4.98 Å². The summed E-state index contributed by atoms with van der Waals surface area (Å²) in [6.45, 7) is 0.608. The van der Waals surface area contributed by atoms with Gasteiger partial charge in [0, 0.05) is 23.5 Å². The lowest BCUT2D eigenvalue weighted by Gasteiger charge is -2.08. The van der Waals surface area contributed by atoms with E-state index < -0.39 is 0 Å². The molecule has 0 atom stereocenters. The number of nitrogens with one attached hydrogen (secondary N) is 2. The number of benzene rings is 2. The summed E-state index contributed by atoms with van der Waals surface area (Å²) >= 11 is 5.86. The molecular formula is C20H15ClN4O. The Morgan fingerprint density at radius 2 is 1.92 bits per heavy atom. The average molecular weight is 363 g/mol. The van der Waals surface area contributed by atoms with Crippen LogP contribution in [0, 0.1) is 11.3 Å². The fraction of sp³-hybridized carbons (Fsp3) is 0.0500. The predicted molar refractivity (Wildman–Crippen MR) is 102 cm³/mol. The van der Waals surface area contributed by atoms with Crippen molar-refractivity contribution in [2.24, 2.45) is 0 Å². The molecule has 0 fully saturated rings. The number of carbonyl (C=O) groups is 1. The summed E-state index contributed by atoms with van der Waals surface area (Å²) in [5, 5.41) is 15.5. The first kappa shape index (κ1) is 17.5. The highest BCUT2D eigenvalue weighted by Crippen LogP contribution is 2.14. The average Bonchev–Trinajstić information content (AvgIpc) is 2.68. The zero-order valence-electron chi connectivity index (χ0n) is 13.7. The smallest absolute Gasteiger partial charge is 0.257 e. The summed E-state index contributed by atoms with van der Waals surface area (Å²) < 4.78 is 0. The van der Waals surface area contributed by atoms with Crippen molar-refractivity contribution in [3.8, 4) is 6.07 Å². The molecule has 1 amide bonds. The molecule has 0 aliphatic heterocycles. The maximum Gasteiger partial charge on any atom is 0.257 e. The molecule has 5 nitrogen and oxygen atoms in total. The minimum atomic E-state index is -0.281. The fourth-order valence-electron chi connectivity index (χ4n) is 2.30. The largest absolute Gasteiger partial charge is 0.366 e. The van der Waals surface area contributed by atoms with Crippen molar-refractivity contribution >= 4 is 29.0 Å². The normalized spacial score (nSPS) is 10.0. The molecule has 2 aromatic carbocycles. The zero-order valence-corrected chi connectivity index (χ0v) is 14.5. The van der Waals surface area contributed by atoms with Crippen molar-refractivity contribution in [3.63, 3.8) is 0 Å². The van der Waals surface area contributed by atoms with Crippen LogP contribution in [0.3, 0.4) is 0 Å². The predicted octanol–water partition coefficient (Wildman–Crippen LogP) is 4.47. The van der Waals surface area contributed by atoms with E-state index in [4.69, 9.17) is 16.9 Å². The van der Waals surface area contributed by atoms with Gasteiger partial charge in [-0.15, -0.1) is 0 Å². The van der Waals surface area contributed by atoms with E-state index in [2.05, 4.69) is 15.6 Å². The number of hydrogen-bond donors (Lipinski definition) is 2. The Hall–Kier alpha value is -3.36. The maximum atomic E-state index is 12.3. The van der Waals surface area contributed by atoms with Crippen LogP contribution in [0.4, 0.5) is 11.5 Å². The standard InChI is InChI=1S/C20H15ClN4O/c21-17-7-4-14(5-8-17)12-23-19-9-6-16(13-24-19)20(26)25-18-3-1-2-15(10-18)11-22/h1-10,13H,12H2,(H,23,24)(H,25,26). The third kappa shape index (κ3) is 4.59. The summed E-state index contributed by atoms with van der Waals surface area (Å²) in [5.41, 5.74) is 2.57. The lowest BCUT2D eigenvalue weighted by molar-refractivity contribution is 0.102. The number of amides is 1. The van der Waals surface area contributed by atoms with Crippen LogP contribution in [0.5, 0.6) is 0 Å². The van der Waals surface area contributed by atoms with Gasteiger partial charge in [0.2, 0.25) is 0 Å². The number of pyridine rings is 1. The summed E-state index contributed by atoms with van der Waals surface area (Å²) in [6, 6.07) is 19.8. The number of nitriles is 1. The van der Waals surface area contributed by atoms with Crippen molar-refractivity contribution in [2.75, 3.05) is 10.6 Å². The van der Waals surface area contributed by atoms with E-state index in [1.165, 1.54) is 6.20 Å². The minimum absolute atomic E-state index is 0.281. The molecule has 0 unspecified atom stereocenters. The Morgan fingerprint density at radius 1 is 1.12 bits per heavy atom. The molecule has 3 rings (SSSR count). The van der Waals surface area contributed by atoms with Crippen LogP contribution in [-0.4, -0.2) is 10.9 Å². The maximum absolute atomic E-state index is 12.3. The second-order valence-corrected chi connectivity index (χ2v) is 6.00. The van der Waals surface area contributed by atoms with Gasteiger partial charge in [-0.1, -0.05) is 29.8 Å². The molecule has 0 spiro atoms. The van der Waals surface area contributed by atoms with Crippen LogP contribution in [0.2, 0.25) is 5.02 Å². The first-order valence-corrected chi connectivity index (χ1v) is 8.28. The molecule has 3 aromatic rings. The highest BCUT2D eigenvalue weighted by molar-refractivity contribution is 6.30. The van der Waals surface area contributed by atoms with E-state index in [0.29, 0.717) is 34.2 Å². The molecule has 2 N–H and O–H groups in total. The summed E-state index contributed by atoms with van der Waals surface area (Å²) in [4.78, 5) is 16.5. The van der Waals surface area contributed by atoms with E-state index >= 15 is 0 Å². The minimum Gasteiger partial charge on any atom is -0.366 e. The van der Waals surface area contributed by atoms with E-state index in [1.807, 2.05) is 30.3 Å². The molecule has 0 aliphatic carbocycles. The van der Waals surface area contributed by atoms with Gasteiger partial charge in [0.05, 0.1) is 17.2 Å². The summed E-state index contributed by atoms with van der Waals surface area (Å²) in [6.07, 6.45) is 1.51. The zero-order chi connectivity index (χ0) is 18.4. The molecule has 0 saturated heterocycles. The highest BCUT2D eigenvalue weighted by Gasteiger charge is 2.07. The Labute approximate surface area is 156 Å². The first-order valence-electron chi connectivity index (χ1n) is 7.90. The van der Waals surface area contributed by atoms with E-state index in [0.717, 1.165) is 5.56 Å². The second-order valence-electron chi connectivity index (χ2n) is 5.56. The lowest BCUT2D eigenvalue weighted by atomic mass is 10.2. The summed E-state index contributed by atoms with van der Waals surface area (Å²) in [5.74, 6) is 0.389. The fourth-order valence-corrected chi connectivity index (χ4v) is 2.42. The Balaban J connectivity index is 1.60. The molecule has 0 radical (unpaired) electrons. The van der Waals surface area contributed by atoms with E-state index in [1.54, 1.807) is 36.4 Å². The number of halogens is 1. The second kappa shape index (κ2) is 8.15. The third-order valence-electron chi connectivity index (χ3n) is 3.66. The van der Waals surface area contributed by atoms with Crippen LogP contribution < -0.4 is 10.6 Å². The van der Waals surface area contributed by atoms with E-state index in [-0.39, 0.29) is 5.91 Å². The third-order valence-corrected chi connectivity index (χ3v) is 3.91. The molecule has 0 bridgehead atoms. The molecule has 26 heavy (non-hydrogen) atoms. The van der Waals surface area contributed by atoms with Gasteiger partial charge in [0.1, 0.15) is 5.82 Å². The summed E-state index contributed by atoms with van der Waals surface area (Å²) in [7, 11) is 0. The van der Waals surface area contributed by atoms with Crippen molar-refractivity contribution < 1.29 is 4.79 Å². The number of anilines is 2.